The first-order valence-corrected chi connectivity index (χ1v) is 9.64. The van der Waals surface area contributed by atoms with E-state index >= 15 is 0 Å². The summed E-state index contributed by atoms with van der Waals surface area (Å²) in [6, 6.07) is 13.9. The zero-order valence-corrected chi connectivity index (χ0v) is 16.8. The van der Waals surface area contributed by atoms with E-state index in [2.05, 4.69) is 10.3 Å². The Hall–Kier alpha value is -3.30. The molecule has 0 saturated heterocycles. The number of likely N-dealkylation sites (N-methyl/N-ethyl adjacent to an activating group) is 1. The number of rotatable bonds is 8. The van der Waals surface area contributed by atoms with E-state index in [0.717, 1.165) is 11.3 Å². The van der Waals surface area contributed by atoms with Crippen molar-refractivity contribution in [3.05, 3.63) is 69.6 Å². The van der Waals surface area contributed by atoms with Gasteiger partial charge in [-0.2, -0.15) is 0 Å². The Morgan fingerprint density at radius 1 is 1.28 bits per heavy atom. The van der Waals surface area contributed by atoms with Gasteiger partial charge in [0.25, 0.3) is 5.69 Å². The van der Waals surface area contributed by atoms with Crippen molar-refractivity contribution in [3.63, 3.8) is 0 Å². The summed E-state index contributed by atoms with van der Waals surface area (Å²) < 4.78 is 5.14. The van der Waals surface area contributed by atoms with Crippen LogP contribution in [0.2, 0.25) is 0 Å². The molecule has 2 aromatic carbocycles. The van der Waals surface area contributed by atoms with E-state index in [1.807, 2.05) is 36.2 Å². The molecule has 150 valence electrons. The maximum atomic E-state index is 12.3. The molecule has 0 spiro atoms. The number of nitrogens with one attached hydrogen (secondary N) is 1. The molecule has 0 aliphatic rings. The Kier molecular flexibility index (Phi) is 6.53. The minimum Gasteiger partial charge on any atom is -0.497 e. The number of benzene rings is 2. The van der Waals surface area contributed by atoms with E-state index < -0.39 is 4.92 Å². The lowest BCUT2D eigenvalue weighted by Gasteiger charge is -2.16. The summed E-state index contributed by atoms with van der Waals surface area (Å²) in [5, 5.41) is 15.9. The van der Waals surface area contributed by atoms with Crippen molar-refractivity contribution in [3.8, 4) is 17.0 Å². The number of carbonyl (C=O) groups is 1. The number of amides is 1. The molecule has 0 aliphatic carbocycles. The second-order valence-electron chi connectivity index (χ2n) is 6.41. The maximum absolute atomic E-state index is 12.3. The molecule has 1 aromatic heterocycles. The van der Waals surface area contributed by atoms with Crippen LogP contribution in [0.25, 0.3) is 11.3 Å². The third kappa shape index (κ3) is 5.59. The molecule has 0 atom stereocenters. The zero-order chi connectivity index (χ0) is 20.8. The molecule has 29 heavy (non-hydrogen) atoms. The average molecular weight is 412 g/mol. The number of nitro benzene ring substituents is 1. The molecule has 8 nitrogen and oxygen atoms in total. The van der Waals surface area contributed by atoms with Gasteiger partial charge in [0.1, 0.15) is 5.75 Å². The standard InChI is InChI=1S/C20H20N4O4S/c1-23(11-14-6-8-17(28-2)9-7-14)12-19(25)22-20-21-18(13-29-20)15-4-3-5-16(10-15)24(26)27/h3-10,13H,11-12H2,1-2H3,(H,21,22,25). The number of carbonyl (C=O) groups excluding carboxylic acids is 1. The van der Waals surface area contributed by atoms with Gasteiger partial charge < -0.3 is 10.1 Å². The number of anilines is 1. The van der Waals surface area contributed by atoms with Crippen molar-refractivity contribution in [1.82, 2.24) is 9.88 Å². The molecule has 0 bridgehead atoms. The normalized spacial score (nSPS) is 10.7. The average Bonchev–Trinajstić information content (AvgIpc) is 3.16. The zero-order valence-electron chi connectivity index (χ0n) is 16.0. The number of aromatic nitrogens is 1. The van der Waals surface area contributed by atoms with Gasteiger partial charge in [-0.15, -0.1) is 11.3 Å². The Morgan fingerprint density at radius 2 is 2.03 bits per heavy atom. The highest BCUT2D eigenvalue weighted by molar-refractivity contribution is 7.14. The SMILES string of the molecule is COc1ccc(CN(C)CC(=O)Nc2nc(-c3cccc([N+](=O)[O-])c3)cs2)cc1. The number of ether oxygens (including phenoxy) is 1. The van der Waals surface area contributed by atoms with Crippen LogP contribution >= 0.6 is 11.3 Å². The van der Waals surface area contributed by atoms with E-state index in [4.69, 9.17) is 4.74 Å². The van der Waals surface area contributed by atoms with Crippen molar-refractivity contribution in [1.29, 1.82) is 0 Å². The van der Waals surface area contributed by atoms with Crippen LogP contribution in [0.4, 0.5) is 10.8 Å². The first-order valence-electron chi connectivity index (χ1n) is 8.76. The number of nitro groups is 1. The lowest BCUT2D eigenvalue weighted by atomic mass is 10.1. The highest BCUT2D eigenvalue weighted by Gasteiger charge is 2.13. The molecule has 1 heterocycles. The van der Waals surface area contributed by atoms with Gasteiger partial charge in [-0.25, -0.2) is 4.98 Å². The fourth-order valence-corrected chi connectivity index (χ4v) is 3.48. The van der Waals surface area contributed by atoms with Gasteiger partial charge in [0, 0.05) is 29.6 Å². The maximum Gasteiger partial charge on any atom is 0.270 e. The van der Waals surface area contributed by atoms with E-state index in [1.54, 1.807) is 24.6 Å². The number of hydrogen-bond acceptors (Lipinski definition) is 7. The number of methoxy groups -OCH3 is 1. The van der Waals surface area contributed by atoms with Crippen molar-refractivity contribution in [2.45, 2.75) is 6.54 Å². The van der Waals surface area contributed by atoms with Crippen molar-refractivity contribution in [2.75, 3.05) is 26.0 Å². The fourth-order valence-electron chi connectivity index (χ4n) is 2.75. The first kappa shape index (κ1) is 20.4. The Balaban J connectivity index is 1.57. The van der Waals surface area contributed by atoms with Crippen LogP contribution in [0.1, 0.15) is 5.56 Å². The summed E-state index contributed by atoms with van der Waals surface area (Å²) in [6.45, 7) is 0.825. The predicted molar refractivity (Wildman–Crippen MR) is 112 cm³/mol. The molecule has 3 aromatic rings. The minimum absolute atomic E-state index is 0.00115. The Labute approximate surface area is 171 Å². The van der Waals surface area contributed by atoms with Gasteiger partial charge in [-0.1, -0.05) is 24.3 Å². The highest BCUT2D eigenvalue weighted by atomic mass is 32.1. The lowest BCUT2D eigenvalue weighted by Crippen LogP contribution is -2.29. The molecular weight excluding hydrogens is 392 g/mol. The molecular formula is C20H20N4O4S. The summed E-state index contributed by atoms with van der Waals surface area (Å²) in [5.41, 5.74) is 2.29. The monoisotopic (exact) mass is 412 g/mol. The van der Waals surface area contributed by atoms with Crippen LogP contribution in [0.5, 0.6) is 5.75 Å². The molecule has 9 heteroatoms. The lowest BCUT2D eigenvalue weighted by molar-refractivity contribution is -0.384. The molecule has 3 rings (SSSR count). The van der Waals surface area contributed by atoms with E-state index in [-0.39, 0.29) is 18.1 Å². The second kappa shape index (κ2) is 9.26. The van der Waals surface area contributed by atoms with Crippen LogP contribution in [-0.4, -0.2) is 41.4 Å². The molecule has 1 N–H and O–H groups in total. The fraction of sp³-hybridized carbons (Fsp3) is 0.200. The highest BCUT2D eigenvalue weighted by Crippen LogP contribution is 2.27. The smallest absolute Gasteiger partial charge is 0.270 e. The predicted octanol–water partition coefficient (Wildman–Crippen LogP) is 3.80. The summed E-state index contributed by atoms with van der Waals surface area (Å²) in [7, 11) is 3.48. The van der Waals surface area contributed by atoms with Gasteiger partial charge in [0.15, 0.2) is 5.13 Å². The molecule has 0 unspecified atom stereocenters. The summed E-state index contributed by atoms with van der Waals surface area (Å²) >= 11 is 1.28. The van der Waals surface area contributed by atoms with Gasteiger partial charge in [-0.3, -0.25) is 19.8 Å². The summed E-state index contributed by atoms with van der Waals surface area (Å²) in [4.78, 5) is 29.0. The number of hydrogen-bond donors (Lipinski definition) is 1. The number of thiazole rings is 1. The van der Waals surface area contributed by atoms with Crippen LogP contribution in [0.15, 0.2) is 53.9 Å². The third-order valence-corrected chi connectivity index (χ3v) is 4.89. The Bertz CT molecular complexity index is 1000. The molecule has 0 radical (unpaired) electrons. The number of nitrogens with zero attached hydrogens (tertiary/aromatic N) is 3. The van der Waals surface area contributed by atoms with Gasteiger partial charge >= 0.3 is 0 Å². The van der Waals surface area contributed by atoms with Crippen LogP contribution < -0.4 is 10.1 Å². The van der Waals surface area contributed by atoms with Crippen molar-refractivity contribution in [2.24, 2.45) is 0 Å². The minimum atomic E-state index is -0.447. The van der Waals surface area contributed by atoms with E-state index in [9.17, 15) is 14.9 Å². The number of non-ortho nitro benzene ring substituents is 1. The topological polar surface area (TPSA) is 97.6 Å². The van der Waals surface area contributed by atoms with Crippen LogP contribution in [0, 0.1) is 10.1 Å². The van der Waals surface area contributed by atoms with Crippen LogP contribution in [0.3, 0.4) is 0 Å². The second-order valence-corrected chi connectivity index (χ2v) is 7.27. The molecule has 0 saturated carbocycles. The van der Waals surface area contributed by atoms with Gasteiger partial charge in [-0.05, 0) is 24.7 Å². The van der Waals surface area contributed by atoms with E-state index in [0.29, 0.717) is 22.9 Å². The summed E-state index contributed by atoms with van der Waals surface area (Å²) in [5.74, 6) is 0.610. The summed E-state index contributed by atoms with van der Waals surface area (Å²) in [6.07, 6.45) is 0. The van der Waals surface area contributed by atoms with Crippen LogP contribution in [-0.2, 0) is 11.3 Å². The van der Waals surface area contributed by atoms with E-state index in [1.165, 1.54) is 23.5 Å². The van der Waals surface area contributed by atoms with Crippen molar-refractivity contribution < 1.29 is 14.5 Å². The quantitative estimate of drug-likeness (QED) is 0.446. The first-order chi connectivity index (χ1) is 13.9. The Morgan fingerprint density at radius 3 is 2.72 bits per heavy atom. The molecule has 1 amide bonds. The van der Waals surface area contributed by atoms with Crippen molar-refractivity contribution >= 4 is 28.1 Å². The molecule has 0 aliphatic heterocycles. The third-order valence-electron chi connectivity index (χ3n) is 4.13. The molecule has 0 fully saturated rings. The van der Waals surface area contributed by atoms with Gasteiger partial charge in [0.2, 0.25) is 5.91 Å². The largest absolute Gasteiger partial charge is 0.497 e. The van der Waals surface area contributed by atoms with Gasteiger partial charge in [0.05, 0.1) is 24.3 Å².